The summed E-state index contributed by atoms with van der Waals surface area (Å²) in [6, 6.07) is 0. The minimum Gasteiger partial charge on any atom is -0.468 e. The van der Waals surface area contributed by atoms with E-state index in [-0.39, 0.29) is 36.6 Å². The molecular weight excluding hydrogens is 783 g/mol. The molecule has 3 N–H and O–H groups in total. The summed E-state index contributed by atoms with van der Waals surface area (Å²) in [7, 11) is 1.32. The van der Waals surface area contributed by atoms with E-state index in [0.29, 0.717) is 23.3 Å². The number of carbonyl (C=O) groups excluding carboxylic acids is 3. The van der Waals surface area contributed by atoms with Gasteiger partial charge in [0.25, 0.3) is 0 Å². The van der Waals surface area contributed by atoms with E-state index in [2.05, 4.69) is 115 Å². The highest BCUT2D eigenvalue weighted by Gasteiger charge is 2.48. The first-order valence-electron chi connectivity index (χ1n) is 23.9. The number of esters is 2. The number of rotatable bonds is 20. The van der Waals surface area contributed by atoms with Crippen LogP contribution in [0.4, 0.5) is 0 Å². The van der Waals surface area contributed by atoms with Crippen LogP contribution in [-0.2, 0) is 25.5 Å². The van der Waals surface area contributed by atoms with Gasteiger partial charge in [-0.1, -0.05) is 117 Å². The first kappa shape index (κ1) is 49.2. The van der Waals surface area contributed by atoms with Crippen LogP contribution < -0.4 is 16.0 Å². The third-order valence-electron chi connectivity index (χ3n) is 14.0. The number of aromatic amines is 2. The molecule has 5 atom stereocenters. The van der Waals surface area contributed by atoms with Gasteiger partial charge in [0.2, 0.25) is 0 Å². The van der Waals surface area contributed by atoms with E-state index in [9.17, 15) is 14.4 Å². The first-order valence-corrected chi connectivity index (χ1v) is 23.9. The van der Waals surface area contributed by atoms with Gasteiger partial charge < -0.3 is 24.8 Å². The Labute approximate surface area is 378 Å². The van der Waals surface area contributed by atoms with Crippen LogP contribution in [0.3, 0.4) is 0 Å². The zero-order chi connectivity index (χ0) is 46.0. The number of Topliss-reactive ketones (excluding diaryl/α,β-unsaturated/α-hetero) is 1. The molecule has 6 bridgehead atoms. The monoisotopic (exact) mass is 860 g/mol. The molecule has 63 heavy (non-hydrogen) atoms. The quantitative estimate of drug-likeness (QED) is 0.0694. The molecule has 342 valence electrons. The van der Waals surface area contributed by atoms with Crippen molar-refractivity contribution in [3.05, 3.63) is 109 Å². The van der Waals surface area contributed by atoms with Gasteiger partial charge in [-0.2, -0.15) is 0 Å². The Balaban J connectivity index is 1.34. The number of hydrogen-bond donors (Lipinski definition) is 3. The Hall–Kier alpha value is -4.85. The van der Waals surface area contributed by atoms with E-state index in [1.54, 1.807) is 0 Å². The Kier molecular flexibility index (Phi) is 17.7. The van der Waals surface area contributed by atoms with Gasteiger partial charge >= 0.3 is 11.9 Å². The largest absolute Gasteiger partial charge is 0.468 e. The smallest absolute Gasteiger partial charge is 0.321 e. The van der Waals surface area contributed by atoms with Crippen LogP contribution in [0.2, 0.25) is 0 Å². The summed E-state index contributed by atoms with van der Waals surface area (Å²) in [4.78, 5) is 48.5. The maximum Gasteiger partial charge on any atom is 0.321 e. The van der Waals surface area contributed by atoms with Crippen LogP contribution in [-0.4, -0.2) is 41.4 Å². The van der Waals surface area contributed by atoms with Gasteiger partial charge in [0.05, 0.1) is 12.8 Å². The number of carbonyl (C=O) groups is 3. The molecular formula is C55H77N3O5. The molecule has 1 saturated heterocycles. The van der Waals surface area contributed by atoms with Crippen molar-refractivity contribution in [2.45, 2.75) is 146 Å². The number of H-pyrrole nitrogens is 2. The van der Waals surface area contributed by atoms with Crippen molar-refractivity contribution in [1.82, 2.24) is 15.3 Å². The molecule has 2 aromatic rings. The predicted octanol–water partition coefficient (Wildman–Crippen LogP) is 11.3. The van der Waals surface area contributed by atoms with Gasteiger partial charge in [0.15, 0.2) is 5.78 Å². The van der Waals surface area contributed by atoms with Crippen molar-refractivity contribution in [2.75, 3.05) is 13.7 Å². The topological polar surface area (TPSA) is 113 Å². The summed E-state index contributed by atoms with van der Waals surface area (Å²) >= 11 is 0. The van der Waals surface area contributed by atoms with E-state index in [0.717, 1.165) is 87.1 Å². The van der Waals surface area contributed by atoms with E-state index < -0.39 is 11.9 Å². The van der Waals surface area contributed by atoms with Crippen LogP contribution in [0.1, 0.15) is 164 Å². The maximum atomic E-state index is 14.4. The summed E-state index contributed by atoms with van der Waals surface area (Å²) in [6.07, 6.45) is 27.1. The molecule has 0 saturated carbocycles. The molecule has 0 radical (unpaired) electrons. The van der Waals surface area contributed by atoms with Gasteiger partial charge in [-0.3, -0.25) is 14.4 Å². The number of fused-ring (bicyclic) bond motifs is 5. The molecule has 8 nitrogen and oxygen atoms in total. The van der Waals surface area contributed by atoms with Crippen molar-refractivity contribution in [2.24, 2.45) is 35.5 Å². The number of allylic oxidation sites excluding steroid dienone is 9. The lowest BCUT2D eigenvalue weighted by molar-refractivity contribution is -0.143. The molecule has 1 fully saturated rings. The number of hydrogen-bond acceptors (Lipinski definition) is 6. The average molecular weight is 860 g/mol. The van der Waals surface area contributed by atoms with Crippen molar-refractivity contribution in [3.63, 3.8) is 0 Å². The second kappa shape index (κ2) is 22.7. The molecule has 2 aliphatic heterocycles. The van der Waals surface area contributed by atoms with E-state index in [4.69, 9.17) is 9.47 Å². The zero-order valence-electron chi connectivity index (χ0n) is 40.4. The van der Waals surface area contributed by atoms with Crippen LogP contribution in [0, 0.1) is 49.4 Å². The van der Waals surface area contributed by atoms with Crippen molar-refractivity contribution in [1.29, 1.82) is 0 Å². The van der Waals surface area contributed by atoms with E-state index in [1.807, 2.05) is 19.1 Å². The standard InChI is InChI=1S/C55H77N3O5/c1-13-41-25-28-44-38(9)42(14-2)47(56-44)32-46-40(11)49-53(58-46)50(51(54(49)60)55(61)62-12)52-43(39(10)45(57-52)27-24-37(41)8)26-29-48(59)63-31-30-36(7)23-17-22-35(6)21-16-20-34(5)19-15-18-33(3)4/h13,24-25,27-28,30,32-35,39,43,51,56-58H,1,14-23,26,29,31H2,2-12H3/b36-30+,37-24+,41-25+,44-28-,45-27-,47-32-,52-50-/t34-,35-,39+,43+,51-/m1/s1. The fraction of sp³-hybridized carbons (Fsp3) is 0.545. The predicted molar refractivity (Wildman–Crippen MR) is 259 cm³/mol. The van der Waals surface area contributed by atoms with Gasteiger partial charge in [-0.25, -0.2) is 0 Å². The molecule has 2 aromatic heterocycles. The molecule has 0 aromatic carbocycles. The highest BCUT2D eigenvalue weighted by molar-refractivity contribution is 6.24. The third-order valence-corrected chi connectivity index (χ3v) is 14.0. The van der Waals surface area contributed by atoms with Crippen molar-refractivity contribution in [3.8, 4) is 0 Å². The molecule has 0 unspecified atom stereocenters. The molecule has 8 heteroatoms. The minimum atomic E-state index is -1.13. The first-order chi connectivity index (χ1) is 30.1. The lowest BCUT2D eigenvalue weighted by atomic mass is 9.85. The lowest BCUT2D eigenvalue weighted by Gasteiger charge is -2.19. The van der Waals surface area contributed by atoms with E-state index >= 15 is 0 Å². The van der Waals surface area contributed by atoms with Gasteiger partial charge in [-0.05, 0) is 123 Å². The van der Waals surface area contributed by atoms with Crippen LogP contribution in [0.15, 0.2) is 65.1 Å². The van der Waals surface area contributed by atoms with Gasteiger partial charge in [0.1, 0.15) is 12.5 Å². The highest BCUT2D eigenvalue weighted by Crippen LogP contribution is 2.48. The van der Waals surface area contributed by atoms with E-state index in [1.165, 1.54) is 63.2 Å². The zero-order valence-corrected chi connectivity index (χ0v) is 40.4. The fourth-order valence-electron chi connectivity index (χ4n) is 9.85. The Morgan fingerprint density at radius 2 is 1.56 bits per heavy atom. The van der Waals surface area contributed by atoms with Crippen molar-refractivity contribution >= 4 is 35.4 Å². The van der Waals surface area contributed by atoms with Gasteiger partial charge in [0, 0.05) is 57.2 Å². The van der Waals surface area contributed by atoms with Crippen LogP contribution in [0.5, 0.6) is 0 Å². The minimum absolute atomic E-state index is 0.0572. The maximum absolute atomic E-state index is 14.4. The second-order valence-corrected chi connectivity index (χ2v) is 19.2. The summed E-state index contributed by atoms with van der Waals surface area (Å²) in [5.41, 5.74) is 10.6. The van der Waals surface area contributed by atoms with Crippen LogP contribution in [0.25, 0.3) is 17.7 Å². The number of nitrogens with one attached hydrogen (secondary N) is 3. The lowest BCUT2D eigenvalue weighted by Crippen LogP contribution is -2.25. The highest BCUT2D eigenvalue weighted by atomic mass is 16.5. The fourth-order valence-corrected chi connectivity index (χ4v) is 9.85. The normalized spacial score (nSPS) is 24.4. The second-order valence-electron chi connectivity index (χ2n) is 19.2. The molecule has 5 rings (SSSR count). The SMILES string of the molecule is C=CC1=C\C=c2/[nH]/c(c(CC)c2C)=C\c2[nH]c3c(c2C)C(=O)[C@H](C(=O)OC)/C3=C2/N/C(=C\C=C\1C)[C@@H](C)[C@@H]2CCC(=O)OC/C=C(\C)CCC[C@H](C)CCC[C@H](C)CCCC(C)C. The summed E-state index contributed by atoms with van der Waals surface area (Å²) in [5.74, 6) is -0.206. The molecule has 4 heterocycles. The summed E-state index contributed by atoms with van der Waals surface area (Å²) in [5, 5.41) is 5.64. The number of aromatic nitrogens is 2. The Bertz CT molecular complexity index is 2290. The Morgan fingerprint density at radius 3 is 2.21 bits per heavy atom. The van der Waals surface area contributed by atoms with Crippen LogP contribution >= 0.6 is 0 Å². The Morgan fingerprint density at radius 1 is 0.873 bits per heavy atom. The number of ketones is 1. The molecule has 0 amide bonds. The van der Waals surface area contributed by atoms with Crippen molar-refractivity contribution < 1.29 is 23.9 Å². The third kappa shape index (κ3) is 12.0. The number of methoxy groups -OCH3 is 1. The summed E-state index contributed by atoms with van der Waals surface area (Å²) in [6.45, 7) is 26.3. The molecule has 1 aliphatic carbocycles. The molecule has 0 spiro atoms. The average Bonchev–Trinajstić information content (AvgIpc) is 3.92. The number of ether oxygens (including phenoxy) is 2. The summed E-state index contributed by atoms with van der Waals surface area (Å²) < 4.78 is 11.1. The van der Waals surface area contributed by atoms with Gasteiger partial charge in [-0.15, -0.1) is 0 Å². The molecule has 3 aliphatic rings.